The molecular formula is C38H41N3O4S. The zero-order valence-electron chi connectivity index (χ0n) is 27.0. The van der Waals surface area contributed by atoms with Crippen LogP contribution in [0.2, 0.25) is 0 Å². The third-order valence-corrected chi connectivity index (χ3v) is 9.58. The summed E-state index contributed by atoms with van der Waals surface area (Å²) in [5.41, 5.74) is 6.20. The second kappa shape index (κ2) is 14.4. The van der Waals surface area contributed by atoms with Crippen LogP contribution in [-0.4, -0.2) is 42.6 Å². The lowest BCUT2D eigenvalue weighted by atomic mass is 9.95. The van der Waals surface area contributed by atoms with Crippen LogP contribution in [0.1, 0.15) is 64.3 Å². The van der Waals surface area contributed by atoms with Crippen molar-refractivity contribution in [3.8, 4) is 33.3 Å². The standard InChI is InChI=1S/C38H41N3O4S/c1-5-39-38(42)36-35(34-20-28-16-18-41(4)19-17-33(28)46-34)37(45-40-36)30-21-29(25(2)3)31(43-23-26-12-8-6-9-13-26)22-32(30)44-24-27-14-10-7-11-15-27/h6-15,20-22,25H,5,16-19,23-24H2,1-4H3,(H,39,42). The van der Waals surface area contributed by atoms with Crippen LogP contribution in [0.15, 0.2) is 83.4 Å². The Morgan fingerprint density at radius 2 is 1.59 bits per heavy atom. The molecule has 0 radical (unpaired) electrons. The molecule has 0 saturated heterocycles. The van der Waals surface area contributed by atoms with Crippen LogP contribution in [0.5, 0.6) is 11.5 Å². The second-order valence-corrected chi connectivity index (χ2v) is 13.2. The first kappa shape index (κ1) is 31.6. The van der Waals surface area contributed by atoms with E-state index < -0.39 is 0 Å². The average Bonchev–Trinajstić information content (AvgIpc) is 3.65. The molecule has 0 unspecified atom stereocenters. The Bertz CT molecular complexity index is 1750. The number of thiophene rings is 1. The molecule has 1 N–H and O–H groups in total. The Labute approximate surface area is 275 Å². The lowest BCUT2D eigenvalue weighted by Crippen LogP contribution is -2.23. The predicted molar refractivity (Wildman–Crippen MR) is 184 cm³/mol. The summed E-state index contributed by atoms with van der Waals surface area (Å²) in [6.45, 7) is 9.49. The number of hydrogen-bond acceptors (Lipinski definition) is 7. The largest absolute Gasteiger partial charge is 0.488 e. The van der Waals surface area contributed by atoms with Crippen LogP contribution in [0.4, 0.5) is 0 Å². The van der Waals surface area contributed by atoms with Crippen molar-refractivity contribution < 1.29 is 18.8 Å². The predicted octanol–water partition coefficient (Wildman–Crippen LogP) is 8.13. The molecule has 1 amide bonds. The van der Waals surface area contributed by atoms with E-state index in [0.717, 1.165) is 58.8 Å². The van der Waals surface area contributed by atoms with Gasteiger partial charge in [-0.3, -0.25) is 4.79 Å². The first-order chi connectivity index (χ1) is 22.4. The molecule has 0 saturated carbocycles. The summed E-state index contributed by atoms with van der Waals surface area (Å²) in [7, 11) is 2.17. The monoisotopic (exact) mass is 635 g/mol. The summed E-state index contributed by atoms with van der Waals surface area (Å²) in [4.78, 5) is 18.1. The molecule has 0 spiro atoms. The maximum atomic E-state index is 13.4. The number of nitrogens with one attached hydrogen (secondary N) is 1. The van der Waals surface area contributed by atoms with Crippen molar-refractivity contribution in [1.29, 1.82) is 0 Å². The quantitative estimate of drug-likeness (QED) is 0.158. The summed E-state index contributed by atoms with van der Waals surface area (Å²) in [5, 5.41) is 7.31. The Kier molecular flexibility index (Phi) is 9.85. The van der Waals surface area contributed by atoms with Gasteiger partial charge in [-0.25, -0.2) is 0 Å². The minimum absolute atomic E-state index is 0.150. The van der Waals surface area contributed by atoms with Gasteiger partial charge in [0.15, 0.2) is 11.5 Å². The molecule has 5 aromatic rings. The molecule has 0 aliphatic carbocycles. The number of amides is 1. The highest BCUT2D eigenvalue weighted by Crippen LogP contribution is 2.46. The number of ether oxygens (including phenoxy) is 2. The van der Waals surface area contributed by atoms with E-state index in [-0.39, 0.29) is 17.5 Å². The van der Waals surface area contributed by atoms with E-state index in [9.17, 15) is 4.79 Å². The third kappa shape index (κ3) is 7.03. The van der Waals surface area contributed by atoms with Gasteiger partial charge in [-0.15, -0.1) is 11.3 Å². The number of fused-ring (bicyclic) bond motifs is 1. The summed E-state index contributed by atoms with van der Waals surface area (Å²) < 4.78 is 19.1. The van der Waals surface area contributed by atoms with E-state index in [1.807, 2.05) is 61.5 Å². The van der Waals surface area contributed by atoms with Crippen LogP contribution >= 0.6 is 11.3 Å². The van der Waals surface area contributed by atoms with Crippen LogP contribution in [0, 0.1) is 0 Å². The number of hydrogen-bond donors (Lipinski definition) is 1. The summed E-state index contributed by atoms with van der Waals surface area (Å²) >= 11 is 1.73. The Hall–Kier alpha value is -4.40. The first-order valence-electron chi connectivity index (χ1n) is 16.0. The van der Waals surface area contributed by atoms with Crippen molar-refractivity contribution in [3.63, 3.8) is 0 Å². The van der Waals surface area contributed by atoms with E-state index in [0.29, 0.717) is 36.8 Å². The van der Waals surface area contributed by atoms with Gasteiger partial charge >= 0.3 is 0 Å². The van der Waals surface area contributed by atoms with Crippen molar-refractivity contribution in [2.75, 3.05) is 26.7 Å². The molecule has 1 aliphatic rings. The van der Waals surface area contributed by atoms with E-state index in [1.165, 1.54) is 10.4 Å². The topological polar surface area (TPSA) is 76.8 Å². The van der Waals surface area contributed by atoms with Gasteiger partial charge in [-0.2, -0.15) is 0 Å². The van der Waals surface area contributed by atoms with Crippen molar-refractivity contribution in [1.82, 2.24) is 15.4 Å². The van der Waals surface area contributed by atoms with Crippen molar-refractivity contribution in [2.24, 2.45) is 0 Å². The number of carbonyl (C=O) groups is 1. The molecule has 6 rings (SSSR count). The fourth-order valence-corrected chi connectivity index (χ4v) is 7.00. The maximum Gasteiger partial charge on any atom is 0.274 e. The zero-order valence-corrected chi connectivity index (χ0v) is 27.8. The average molecular weight is 636 g/mol. The first-order valence-corrected chi connectivity index (χ1v) is 16.8. The number of likely N-dealkylation sites (N-methyl/N-ethyl adjacent to an activating group) is 1. The number of nitrogens with zero attached hydrogens (tertiary/aromatic N) is 2. The normalized spacial score (nSPS) is 13.3. The van der Waals surface area contributed by atoms with Crippen LogP contribution in [0.3, 0.4) is 0 Å². The van der Waals surface area contributed by atoms with E-state index in [1.54, 1.807) is 11.3 Å². The molecule has 0 atom stereocenters. The van der Waals surface area contributed by atoms with Gasteiger partial charge in [-0.1, -0.05) is 79.7 Å². The minimum Gasteiger partial charge on any atom is -0.488 e. The van der Waals surface area contributed by atoms with Gasteiger partial charge in [0.2, 0.25) is 0 Å². The van der Waals surface area contributed by atoms with Crippen molar-refractivity contribution >= 4 is 17.2 Å². The molecule has 1 aliphatic heterocycles. The smallest absolute Gasteiger partial charge is 0.274 e. The lowest BCUT2D eigenvalue weighted by Gasteiger charge is -2.19. The second-order valence-electron chi connectivity index (χ2n) is 12.0. The molecule has 0 fully saturated rings. The highest BCUT2D eigenvalue weighted by Gasteiger charge is 2.30. The zero-order chi connectivity index (χ0) is 32.0. The Balaban J connectivity index is 1.48. The van der Waals surface area contributed by atoms with Gasteiger partial charge in [0.1, 0.15) is 24.7 Å². The van der Waals surface area contributed by atoms with Crippen LogP contribution in [0.25, 0.3) is 21.8 Å². The third-order valence-electron chi connectivity index (χ3n) is 8.32. The molecule has 3 aromatic carbocycles. The van der Waals surface area contributed by atoms with Crippen LogP contribution < -0.4 is 14.8 Å². The van der Waals surface area contributed by atoms with E-state index >= 15 is 0 Å². The molecule has 2 aromatic heterocycles. The van der Waals surface area contributed by atoms with E-state index in [2.05, 4.69) is 60.5 Å². The van der Waals surface area contributed by atoms with Gasteiger partial charge in [-0.05, 0) is 67.1 Å². The number of carbonyl (C=O) groups excluding carboxylic acids is 1. The van der Waals surface area contributed by atoms with Crippen molar-refractivity contribution in [2.45, 2.75) is 52.7 Å². The molecule has 8 heteroatoms. The minimum atomic E-state index is -0.255. The van der Waals surface area contributed by atoms with Gasteiger partial charge in [0.05, 0.1) is 11.1 Å². The Morgan fingerprint density at radius 3 is 2.24 bits per heavy atom. The van der Waals surface area contributed by atoms with Crippen LogP contribution in [-0.2, 0) is 26.1 Å². The SMILES string of the molecule is CCNC(=O)c1noc(-c2cc(C(C)C)c(OCc3ccccc3)cc2OCc2ccccc2)c1-c1cc2c(s1)CCN(C)CC2. The van der Waals surface area contributed by atoms with Gasteiger partial charge in [0.25, 0.3) is 5.91 Å². The van der Waals surface area contributed by atoms with E-state index in [4.69, 9.17) is 14.0 Å². The fraction of sp³-hybridized carbons (Fsp3) is 0.316. The Morgan fingerprint density at radius 1 is 0.935 bits per heavy atom. The maximum absolute atomic E-state index is 13.4. The number of rotatable bonds is 11. The molecule has 3 heterocycles. The fourth-order valence-electron chi connectivity index (χ4n) is 5.75. The molecule has 7 nitrogen and oxygen atoms in total. The van der Waals surface area contributed by atoms with Gasteiger partial charge < -0.3 is 24.2 Å². The summed E-state index contributed by atoms with van der Waals surface area (Å²) in [6.07, 6.45) is 1.94. The molecule has 0 bridgehead atoms. The van der Waals surface area contributed by atoms with Crippen molar-refractivity contribution in [3.05, 3.63) is 112 Å². The molecular weight excluding hydrogens is 595 g/mol. The number of aromatic nitrogens is 1. The summed E-state index contributed by atoms with van der Waals surface area (Å²) in [5.74, 6) is 1.78. The lowest BCUT2D eigenvalue weighted by molar-refractivity contribution is 0.0947. The van der Waals surface area contributed by atoms with Gasteiger partial charge in [0, 0.05) is 35.5 Å². The molecule has 238 valence electrons. The summed E-state index contributed by atoms with van der Waals surface area (Å²) in [6, 6.07) is 26.5. The highest BCUT2D eigenvalue weighted by molar-refractivity contribution is 7.15. The molecule has 46 heavy (non-hydrogen) atoms. The highest BCUT2D eigenvalue weighted by atomic mass is 32.1. The number of benzene rings is 3.